The molecule has 1 aliphatic heterocycles. The Morgan fingerprint density at radius 3 is 2.48 bits per heavy atom. The third-order valence-electron chi connectivity index (χ3n) is 4.91. The van der Waals surface area contributed by atoms with Crippen LogP contribution in [0.15, 0.2) is 67.3 Å². The van der Waals surface area contributed by atoms with Gasteiger partial charge in [0, 0.05) is 43.6 Å². The highest BCUT2D eigenvalue weighted by atomic mass is 16.6. The van der Waals surface area contributed by atoms with E-state index < -0.39 is 6.09 Å². The van der Waals surface area contributed by atoms with Crippen LogP contribution in [0.1, 0.15) is 18.4 Å². The second-order valence-corrected chi connectivity index (χ2v) is 7.05. The van der Waals surface area contributed by atoms with E-state index in [9.17, 15) is 4.79 Å². The third kappa shape index (κ3) is 5.36. The number of aromatic nitrogens is 3. The molecule has 148 valence electrons. The zero-order valence-electron chi connectivity index (χ0n) is 16.1. The van der Waals surface area contributed by atoms with Crippen LogP contribution in [0.5, 0.6) is 5.75 Å². The van der Waals surface area contributed by atoms with Gasteiger partial charge < -0.3 is 10.1 Å². The summed E-state index contributed by atoms with van der Waals surface area (Å²) < 4.78 is 5.33. The fourth-order valence-corrected chi connectivity index (χ4v) is 3.39. The van der Waals surface area contributed by atoms with Gasteiger partial charge in [0.25, 0.3) is 0 Å². The number of benzene rings is 1. The highest BCUT2D eigenvalue weighted by Crippen LogP contribution is 2.17. The lowest BCUT2D eigenvalue weighted by molar-refractivity contribution is 0.169. The summed E-state index contributed by atoms with van der Waals surface area (Å²) in [6.07, 6.45) is 8.03. The average Bonchev–Trinajstić information content (AvgIpc) is 2.77. The van der Waals surface area contributed by atoms with Gasteiger partial charge in [-0.05, 0) is 24.5 Å². The summed E-state index contributed by atoms with van der Waals surface area (Å²) >= 11 is 0. The highest BCUT2D eigenvalue weighted by molar-refractivity contribution is 5.70. The Hall–Kier alpha value is -3.32. The van der Waals surface area contributed by atoms with E-state index in [0.29, 0.717) is 11.6 Å². The van der Waals surface area contributed by atoms with E-state index in [2.05, 4.69) is 31.2 Å². The molecule has 1 aromatic carbocycles. The van der Waals surface area contributed by atoms with Gasteiger partial charge >= 0.3 is 6.09 Å². The van der Waals surface area contributed by atoms with Crippen molar-refractivity contribution in [1.29, 1.82) is 0 Å². The van der Waals surface area contributed by atoms with E-state index in [1.54, 1.807) is 6.20 Å². The van der Waals surface area contributed by atoms with Gasteiger partial charge in [0.1, 0.15) is 0 Å². The largest absolute Gasteiger partial charge is 0.412 e. The lowest BCUT2D eigenvalue weighted by Gasteiger charge is -2.32. The first kappa shape index (κ1) is 19.0. The molecule has 2 aromatic heterocycles. The van der Waals surface area contributed by atoms with E-state index in [-0.39, 0.29) is 6.04 Å². The molecule has 0 aliphatic carbocycles. The van der Waals surface area contributed by atoms with Crippen molar-refractivity contribution in [3.05, 3.63) is 72.8 Å². The SMILES string of the molecule is O=C(NC1CCN(Cc2cccnc2)CC1)Oc1cnc(-c2ccccc2)nc1. The van der Waals surface area contributed by atoms with Crippen LogP contribution in [0.2, 0.25) is 0 Å². The Bertz CT molecular complexity index is 911. The average molecular weight is 389 g/mol. The molecular weight excluding hydrogens is 366 g/mol. The highest BCUT2D eigenvalue weighted by Gasteiger charge is 2.21. The second kappa shape index (κ2) is 9.25. The maximum absolute atomic E-state index is 12.2. The third-order valence-corrected chi connectivity index (χ3v) is 4.91. The standard InChI is InChI=1S/C22H23N5O2/c28-22(29-20-14-24-21(25-15-20)18-6-2-1-3-7-18)26-19-8-11-27(12-9-19)16-17-5-4-10-23-13-17/h1-7,10,13-15,19H,8-9,11-12,16H2,(H,26,28). The van der Waals surface area contributed by atoms with Crippen LogP contribution < -0.4 is 10.1 Å². The smallest absolute Gasteiger partial charge is 0.407 e. The van der Waals surface area contributed by atoms with E-state index >= 15 is 0 Å². The minimum atomic E-state index is -0.466. The minimum Gasteiger partial charge on any atom is -0.407 e. The summed E-state index contributed by atoms with van der Waals surface area (Å²) in [6.45, 7) is 2.74. The number of piperidine rings is 1. The summed E-state index contributed by atoms with van der Waals surface area (Å²) in [4.78, 5) is 27.3. The van der Waals surface area contributed by atoms with Crippen molar-refractivity contribution in [2.45, 2.75) is 25.4 Å². The number of likely N-dealkylation sites (tertiary alicyclic amines) is 1. The van der Waals surface area contributed by atoms with E-state index in [0.717, 1.165) is 38.0 Å². The Balaban J connectivity index is 1.23. The minimum absolute atomic E-state index is 0.108. The molecule has 0 atom stereocenters. The van der Waals surface area contributed by atoms with Gasteiger partial charge in [-0.2, -0.15) is 0 Å². The number of hydrogen-bond acceptors (Lipinski definition) is 6. The van der Waals surface area contributed by atoms with Crippen molar-refractivity contribution < 1.29 is 9.53 Å². The monoisotopic (exact) mass is 389 g/mol. The quantitative estimate of drug-likeness (QED) is 0.721. The molecule has 1 fully saturated rings. The number of pyridine rings is 1. The maximum Gasteiger partial charge on any atom is 0.412 e. The fraction of sp³-hybridized carbons (Fsp3) is 0.273. The van der Waals surface area contributed by atoms with Crippen LogP contribution in [0.4, 0.5) is 4.79 Å². The molecule has 1 amide bonds. The van der Waals surface area contributed by atoms with Crippen LogP contribution in [-0.4, -0.2) is 45.1 Å². The Morgan fingerprint density at radius 2 is 1.79 bits per heavy atom. The fourth-order valence-electron chi connectivity index (χ4n) is 3.39. The molecule has 0 bridgehead atoms. The number of nitrogens with one attached hydrogen (secondary N) is 1. The predicted molar refractivity (Wildman–Crippen MR) is 109 cm³/mol. The summed E-state index contributed by atoms with van der Waals surface area (Å²) in [5.74, 6) is 0.926. The number of carbonyl (C=O) groups is 1. The Kier molecular flexibility index (Phi) is 6.07. The number of carbonyl (C=O) groups excluding carboxylic acids is 1. The number of nitrogens with zero attached hydrogens (tertiary/aromatic N) is 4. The maximum atomic E-state index is 12.2. The van der Waals surface area contributed by atoms with Crippen LogP contribution in [0.3, 0.4) is 0 Å². The van der Waals surface area contributed by atoms with Gasteiger partial charge in [-0.1, -0.05) is 36.4 Å². The topological polar surface area (TPSA) is 80.2 Å². The summed E-state index contributed by atoms with van der Waals surface area (Å²) in [7, 11) is 0. The van der Waals surface area contributed by atoms with Crippen molar-refractivity contribution in [3.8, 4) is 17.1 Å². The lowest BCUT2D eigenvalue weighted by Crippen LogP contribution is -2.45. The van der Waals surface area contributed by atoms with Gasteiger partial charge in [0.15, 0.2) is 11.6 Å². The van der Waals surface area contributed by atoms with Crippen molar-refractivity contribution in [2.24, 2.45) is 0 Å². The molecular formula is C22H23N5O2. The molecule has 0 radical (unpaired) electrons. The molecule has 1 N–H and O–H groups in total. The summed E-state index contributed by atoms with van der Waals surface area (Å²) in [6, 6.07) is 13.8. The molecule has 3 heterocycles. The number of hydrogen-bond donors (Lipinski definition) is 1. The second-order valence-electron chi connectivity index (χ2n) is 7.05. The molecule has 0 saturated carbocycles. The first-order valence-electron chi connectivity index (χ1n) is 9.73. The summed E-state index contributed by atoms with van der Waals surface area (Å²) in [5, 5.41) is 2.94. The zero-order valence-corrected chi connectivity index (χ0v) is 16.1. The van der Waals surface area contributed by atoms with E-state index in [4.69, 9.17) is 4.74 Å². The van der Waals surface area contributed by atoms with Gasteiger partial charge in [0.2, 0.25) is 0 Å². The number of rotatable bonds is 5. The van der Waals surface area contributed by atoms with E-state index in [1.807, 2.05) is 42.6 Å². The van der Waals surface area contributed by atoms with Crippen molar-refractivity contribution >= 4 is 6.09 Å². The normalized spacial score (nSPS) is 15.0. The van der Waals surface area contributed by atoms with Gasteiger partial charge in [-0.3, -0.25) is 9.88 Å². The van der Waals surface area contributed by atoms with Crippen molar-refractivity contribution in [2.75, 3.05) is 13.1 Å². The molecule has 1 aliphatic rings. The predicted octanol–water partition coefficient (Wildman–Crippen LogP) is 3.29. The van der Waals surface area contributed by atoms with Gasteiger partial charge in [-0.15, -0.1) is 0 Å². The van der Waals surface area contributed by atoms with E-state index in [1.165, 1.54) is 18.0 Å². The van der Waals surface area contributed by atoms with Crippen LogP contribution >= 0.6 is 0 Å². The Labute approximate surface area is 169 Å². The molecule has 0 unspecified atom stereocenters. The number of ether oxygens (including phenoxy) is 1. The zero-order chi connectivity index (χ0) is 19.9. The van der Waals surface area contributed by atoms with Crippen molar-refractivity contribution in [3.63, 3.8) is 0 Å². The first-order chi connectivity index (χ1) is 14.3. The van der Waals surface area contributed by atoms with Gasteiger partial charge in [0.05, 0.1) is 12.4 Å². The van der Waals surface area contributed by atoms with Crippen molar-refractivity contribution in [1.82, 2.24) is 25.2 Å². The molecule has 1 saturated heterocycles. The first-order valence-corrected chi connectivity index (χ1v) is 9.73. The molecule has 29 heavy (non-hydrogen) atoms. The summed E-state index contributed by atoms with van der Waals surface area (Å²) in [5.41, 5.74) is 2.12. The van der Waals surface area contributed by atoms with Gasteiger partial charge in [-0.25, -0.2) is 14.8 Å². The molecule has 3 aromatic rings. The lowest BCUT2D eigenvalue weighted by atomic mass is 10.0. The molecule has 7 heteroatoms. The van der Waals surface area contributed by atoms with Crippen LogP contribution in [0, 0.1) is 0 Å². The van der Waals surface area contributed by atoms with Crippen LogP contribution in [0.25, 0.3) is 11.4 Å². The molecule has 7 nitrogen and oxygen atoms in total. The molecule has 4 rings (SSSR count). The van der Waals surface area contributed by atoms with Crippen LogP contribution in [-0.2, 0) is 6.54 Å². The molecule has 0 spiro atoms. The number of amides is 1. The Morgan fingerprint density at radius 1 is 1.03 bits per heavy atom.